The molecule has 7 nitrogen and oxygen atoms in total. The minimum Gasteiger partial charge on any atom is -0.490 e. The summed E-state index contributed by atoms with van der Waals surface area (Å²) in [5.41, 5.74) is 4.11. The lowest BCUT2D eigenvalue weighted by atomic mass is 9.81. The first-order valence-electron chi connectivity index (χ1n) is 9.47. The summed E-state index contributed by atoms with van der Waals surface area (Å²) in [6.45, 7) is 0.910. The predicted octanol–water partition coefficient (Wildman–Crippen LogP) is 3.75. The van der Waals surface area contributed by atoms with Crippen LogP contribution in [0.15, 0.2) is 36.0 Å². The molecular weight excluding hydrogens is 390 g/mol. The van der Waals surface area contributed by atoms with E-state index in [2.05, 4.69) is 10.3 Å². The van der Waals surface area contributed by atoms with Gasteiger partial charge in [-0.3, -0.25) is 9.78 Å². The molecule has 1 fully saturated rings. The van der Waals surface area contributed by atoms with Crippen LogP contribution in [0.4, 0.5) is 5.69 Å². The molecule has 0 radical (unpaired) electrons. The Balaban J connectivity index is 1.60. The van der Waals surface area contributed by atoms with E-state index in [0.717, 1.165) is 40.0 Å². The molecule has 2 aromatic heterocycles. The number of ether oxygens (including phenoxy) is 3. The minimum absolute atomic E-state index is 0.0000927. The number of rotatable bonds is 8. The second kappa shape index (κ2) is 8.86. The van der Waals surface area contributed by atoms with Crippen molar-refractivity contribution in [3.05, 3.63) is 36.0 Å². The number of methoxy groups -OCH3 is 2. The molecule has 1 amide bonds. The molecule has 3 aromatic rings. The maximum absolute atomic E-state index is 12.5. The molecule has 0 aliphatic heterocycles. The van der Waals surface area contributed by atoms with E-state index in [0.29, 0.717) is 19.0 Å². The van der Waals surface area contributed by atoms with E-state index in [4.69, 9.17) is 19.2 Å². The number of thiazole rings is 1. The van der Waals surface area contributed by atoms with Crippen LogP contribution in [0.3, 0.4) is 0 Å². The fraction of sp³-hybridized carbons (Fsp3) is 0.381. The Kier molecular flexibility index (Phi) is 6.03. The highest BCUT2D eigenvalue weighted by Crippen LogP contribution is 2.34. The van der Waals surface area contributed by atoms with E-state index in [1.165, 1.54) is 11.3 Å². The monoisotopic (exact) mass is 413 g/mol. The van der Waals surface area contributed by atoms with Gasteiger partial charge < -0.3 is 19.5 Å². The Labute approximate surface area is 173 Å². The quantitative estimate of drug-likeness (QED) is 0.567. The third-order valence-corrected chi connectivity index (χ3v) is 5.86. The van der Waals surface area contributed by atoms with Crippen molar-refractivity contribution in [2.24, 2.45) is 5.92 Å². The second-order valence-corrected chi connectivity index (χ2v) is 7.85. The molecule has 1 aromatic carbocycles. The SMILES string of the molecule is COCCOc1cc(-c2cncs2)nc2ccc(NC(=O)[C@H]3C[C@H](OC)C3)cc12. The first-order valence-corrected chi connectivity index (χ1v) is 10.3. The molecule has 0 saturated heterocycles. The maximum Gasteiger partial charge on any atom is 0.227 e. The van der Waals surface area contributed by atoms with Gasteiger partial charge in [-0.05, 0) is 31.0 Å². The number of amides is 1. The summed E-state index contributed by atoms with van der Waals surface area (Å²) in [6.07, 6.45) is 3.51. The molecule has 1 N–H and O–H groups in total. The van der Waals surface area contributed by atoms with Crippen LogP contribution in [0.2, 0.25) is 0 Å². The first kappa shape index (κ1) is 19.8. The zero-order valence-electron chi connectivity index (χ0n) is 16.4. The van der Waals surface area contributed by atoms with Gasteiger partial charge in [-0.15, -0.1) is 11.3 Å². The van der Waals surface area contributed by atoms with Crippen LogP contribution in [0.1, 0.15) is 12.8 Å². The van der Waals surface area contributed by atoms with E-state index in [1.54, 1.807) is 25.9 Å². The highest BCUT2D eigenvalue weighted by atomic mass is 32.1. The molecule has 2 heterocycles. The summed E-state index contributed by atoms with van der Waals surface area (Å²) in [6, 6.07) is 7.59. The number of carbonyl (C=O) groups is 1. The third-order valence-electron chi connectivity index (χ3n) is 5.07. The van der Waals surface area contributed by atoms with Gasteiger partial charge in [0.2, 0.25) is 5.91 Å². The van der Waals surface area contributed by atoms with Crippen molar-refractivity contribution in [1.82, 2.24) is 9.97 Å². The fourth-order valence-electron chi connectivity index (χ4n) is 3.31. The largest absolute Gasteiger partial charge is 0.490 e. The van der Waals surface area contributed by atoms with Gasteiger partial charge in [0.15, 0.2) is 0 Å². The smallest absolute Gasteiger partial charge is 0.227 e. The molecule has 4 rings (SSSR count). The molecule has 0 atom stereocenters. The van der Waals surface area contributed by atoms with Crippen molar-refractivity contribution in [3.63, 3.8) is 0 Å². The number of fused-ring (bicyclic) bond motifs is 1. The summed E-state index contributed by atoms with van der Waals surface area (Å²) >= 11 is 1.53. The molecule has 0 unspecified atom stereocenters. The Morgan fingerprint density at radius 3 is 2.83 bits per heavy atom. The van der Waals surface area contributed by atoms with E-state index >= 15 is 0 Å². The predicted molar refractivity (Wildman–Crippen MR) is 112 cm³/mol. The van der Waals surface area contributed by atoms with Gasteiger partial charge in [-0.1, -0.05) is 0 Å². The third kappa shape index (κ3) is 4.39. The fourth-order valence-corrected chi connectivity index (χ4v) is 3.89. The zero-order chi connectivity index (χ0) is 20.2. The van der Waals surface area contributed by atoms with Crippen LogP contribution in [-0.2, 0) is 14.3 Å². The van der Waals surface area contributed by atoms with Crippen molar-refractivity contribution in [2.45, 2.75) is 18.9 Å². The van der Waals surface area contributed by atoms with Gasteiger partial charge in [0.05, 0.1) is 34.3 Å². The van der Waals surface area contributed by atoms with Gasteiger partial charge in [0, 0.05) is 43.5 Å². The van der Waals surface area contributed by atoms with Crippen molar-refractivity contribution in [2.75, 3.05) is 32.8 Å². The molecule has 1 saturated carbocycles. The van der Waals surface area contributed by atoms with Crippen molar-refractivity contribution in [1.29, 1.82) is 0 Å². The van der Waals surface area contributed by atoms with Gasteiger partial charge in [-0.25, -0.2) is 4.98 Å². The van der Waals surface area contributed by atoms with Crippen LogP contribution in [0.5, 0.6) is 5.75 Å². The highest BCUT2D eigenvalue weighted by molar-refractivity contribution is 7.13. The Bertz CT molecular complexity index is 987. The number of benzene rings is 1. The maximum atomic E-state index is 12.5. The lowest BCUT2D eigenvalue weighted by Crippen LogP contribution is -2.38. The van der Waals surface area contributed by atoms with Crippen LogP contribution in [-0.4, -0.2) is 49.4 Å². The number of pyridine rings is 1. The van der Waals surface area contributed by atoms with E-state index in [1.807, 2.05) is 24.3 Å². The summed E-state index contributed by atoms with van der Waals surface area (Å²) in [5, 5.41) is 3.85. The summed E-state index contributed by atoms with van der Waals surface area (Å²) in [4.78, 5) is 22.3. The summed E-state index contributed by atoms with van der Waals surface area (Å²) < 4.78 is 16.3. The standard InChI is InChI=1S/C21H23N3O4S/c1-26-5-6-28-19-10-18(20-11-22-12-29-20)24-17-4-3-14(9-16(17)19)23-21(25)13-7-15(8-13)27-2/h3-4,9-13,15H,5-8H2,1-2H3,(H,23,25)/t13-,15-. The van der Waals surface area contributed by atoms with Gasteiger partial charge in [0.25, 0.3) is 0 Å². The molecule has 29 heavy (non-hydrogen) atoms. The average Bonchev–Trinajstić information content (AvgIpc) is 3.22. The number of hydrogen-bond donors (Lipinski definition) is 1. The number of anilines is 1. The molecular formula is C21H23N3O4S. The summed E-state index contributed by atoms with van der Waals surface area (Å²) in [5.74, 6) is 0.725. The molecule has 0 bridgehead atoms. The Hall–Kier alpha value is -2.55. The summed E-state index contributed by atoms with van der Waals surface area (Å²) in [7, 11) is 3.32. The Morgan fingerprint density at radius 1 is 1.24 bits per heavy atom. The van der Waals surface area contributed by atoms with Gasteiger partial charge in [-0.2, -0.15) is 0 Å². The molecule has 152 valence electrons. The zero-order valence-corrected chi connectivity index (χ0v) is 17.2. The first-order chi connectivity index (χ1) is 14.2. The van der Waals surface area contributed by atoms with Crippen LogP contribution in [0.25, 0.3) is 21.5 Å². The lowest BCUT2D eigenvalue weighted by molar-refractivity contribution is -0.127. The normalized spacial score (nSPS) is 18.4. The molecule has 1 aliphatic rings. The van der Waals surface area contributed by atoms with E-state index < -0.39 is 0 Å². The Morgan fingerprint density at radius 2 is 2.10 bits per heavy atom. The number of carbonyl (C=O) groups excluding carboxylic acids is 1. The van der Waals surface area contributed by atoms with Crippen molar-refractivity contribution >= 4 is 33.8 Å². The minimum atomic E-state index is -0.0000927. The molecule has 1 aliphatic carbocycles. The number of nitrogens with one attached hydrogen (secondary N) is 1. The molecule has 8 heteroatoms. The average molecular weight is 413 g/mol. The number of hydrogen-bond acceptors (Lipinski definition) is 7. The topological polar surface area (TPSA) is 82.6 Å². The lowest BCUT2D eigenvalue weighted by Gasteiger charge is -2.32. The number of aromatic nitrogens is 2. The van der Waals surface area contributed by atoms with Crippen LogP contribution in [0, 0.1) is 5.92 Å². The van der Waals surface area contributed by atoms with E-state index in [9.17, 15) is 4.79 Å². The van der Waals surface area contributed by atoms with E-state index in [-0.39, 0.29) is 17.9 Å². The van der Waals surface area contributed by atoms with Crippen LogP contribution < -0.4 is 10.1 Å². The van der Waals surface area contributed by atoms with Gasteiger partial charge in [0.1, 0.15) is 12.4 Å². The van der Waals surface area contributed by atoms with Crippen LogP contribution >= 0.6 is 11.3 Å². The van der Waals surface area contributed by atoms with Crippen molar-refractivity contribution < 1.29 is 19.0 Å². The highest BCUT2D eigenvalue weighted by Gasteiger charge is 2.34. The second-order valence-electron chi connectivity index (χ2n) is 6.96. The van der Waals surface area contributed by atoms with Crippen molar-refractivity contribution in [3.8, 4) is 16.3 Å². The molecule has 0 spiro atoms. The van der Waals surface area contributed by atoms with Gasteiger partial charge >= 0.3 is 0 Å². The number of nitrogens with zero attached hydrogens (tertiary/aromatic N) is 2.